The number of amides is 2. The van der Waals surface area contributed by atoms with Crippen molar-refractivity contribution in [3.05, 3.63) is 24.2 Å². The van der Waals surface area contributed by atoms with Gasteiger partial charge < -0.3 is 20.2 Å². The lowest BCUT2D eigenvalue weighted by molar-refractivity contribution is -0.137. The summed E-state index contributed by atoms with van der Waals surface area (Å²) in [5.74, 6) is -1.69. The summed E-state index contributed by atoms with van der Waals surface area (Å²) < 4.78 is 4.99. The van der Waals surface area contributed by atoms with Crippen LogP contribution in [0.3, 0.4) is 0 Å². The quantitative estimate of drug-likeness (QED) is 0.672. The van der Waals surface area contributed by atoms with Crippen LogP contribution in [0.2, 0.25) is 0 Å². The molecule has 0 fully saturated rings. The average molecular weight is 310 g/mol. The Morgan fingerprint density at radius 1 is 1.23 bits per heavy atom. The Balaban J connectivity index is 2.60. The van der Waals surface area contributed by atoms with Crippen molar-refractivity contribution in [1.29, 1.82) is 0 Å². The van der Waals surface area contributed by atoms with Gasteiger partial charge in [0.15, 0.2) is 5.76 Å². The number of carbonyl (C=O) groups excluding carboxylic acids is 2. The van der Waals surface area contributed by atoms with E-state index >= 15 is 0 Å². The fraction of sp³-hybridized carbons (Fsp3) is 0.533. The van der Waals surface area contributed by atoms with Gasteiger partial charge in [-0.2, -0.15) is 0 Å². The zero-order valence-electron chi connectivity index (χ0n) is 13.0. The molecule has 2 unspecified atom stereocenters. The maximum Gasteiger partial charge on any atom is 0.303 e. The molecule has 2 amide bonds. The number of furan rings is 1. The first-order valence-corrected chi connectivity index (χ1v) is 7.17. The summed E-state index contributed by atoms with van der Waals surface area (Å²) in [5, 5.41) is 14.0. The van der Waals surface area contributed by atoms with Gasteiger partial charge in [-0.25, -0.2) is 0 Å². The molecule has 1 heterocycles. The highest BCUT2D eigenvalue weighted by Gasteiger charge is 2.26. The van der Waals surface area contributed by atoms with Crippen molar-refractivity contribution in [2.75, 3.05) is 0 Å². The van der Waals surface area contributed by atoms with Crippen LogP contribution in [0.5, 0.6) is 0 Å². The van der Waals surface area contributed by atoms with Crippen LogP contribution in [0.1, 0.15) is 44.2 Å². The fourth-order valence-corrected chi connectivity index (χ4v) is 1.90. The maximum atomic E-state index is 12.2. The van der Waals surface area contributed by atoms with Gasteiger partial charge in [0.1, 0.15) is 6.04 Å². The first kappa shape index (κ1) is 17.7. The topological polar surface area (TPSA) is 109 Å². The molecule has 0 saturated carbocycles. The number of carboxylic acids is 1. The van der Waals surface area contributed by atoms with E-state index in [1.54, 1.807) is 13.0 Å². The van der Waals surface area contributed by atoms with E-state index < -0.39 is 17.9 Å². The molecular weight excluding hydrogens is 288 g/mol. The number of hydrogen-bond donors (Lipinski definition) is 3. The molecule has 0 aliphatic carbocycles. The smallest absolute Gasteiger partial charge is 0.303 e. The normalized spacial score (nSPS) is 13.5. The summed E-state index contributed by atoms with van der Waals surface area (Å²) in [5.41, 5.74) is 0. The molecule has 2 atom stereocenters. The van der Waals surface area contributed by atoms with Crippen LogP contribution in [-0.2, 0) is 9.59 Å². The minimum atomic E-state index is -0.910. The fourth-order valence-electron chi connectivity index (χ4n) is 1.90. The first-order chi connectivity index (χ1) is 10.3. The average Bonchev–Trinajstić information content (AvgIpc) is 2.95. The van der Waals surface area contributed by atoms with E-state index in [2.05, 4.69) is 10.6 Å². The third-order valence-corrected chi connectivity index (χ3v) is 3.16. The van der Waals surface area contributed by atoms with E-state index in [9.17, 15) is 14.4 Å². The lowest BCUT2D eigenvalue weighted by Gasteiger charge is -2.23. The largest absolute Gasteiger partial charge is 0.481 e. The zero-order chi connectivity index (χ0) is 16.7. The van der Waals surface area contributed by atoms with E-state index in [1.807, 2.05) is 13.8 Å². The van der Waals surface area contributed by atoms with Crippen molar-refractivity contribution in [3.63, 3.8) is 0 Å². The molecule has 1 aromatic rings. The molecule has 1 rings (SSSR count). The van der Waals surface area contributed by atoms with Gasteiger partial charge in [0.05, 0.1) is 6.26 Å². The molecule has 0 aromatic carbocycles. The molecule has 7 heteroatoms. The van der Waals surface area contributed by atoms with Crippen LogP contribution >= 0.6 is 0 Å². The van der Waals surface area contributed by atoms with Crippen molar-refractivity contribution in [2.45, 2.75) is 45.7 Å². The lowest BCUT2D eigenvalue weighted by Crippen LogP contribution is -2.51. The molecule has 0 saturated heterocycles. The van der Waals surface area contributed by atoms with E-state index in [4.69, 9.17) is 9.52 Å². The van der Waals surface area contributed by atoms with Gasteiger partial charge in [-0.05, 0) is 31.4 Å². The minimum absolute atomic E-state index is 0.0213. The molecule has 0 aliphatic rings. The molecule has 3 N–H and O–H groups in total. The predicted molar refractivity (Wildman–Crippen MR) is 79.3 cm³/mol. The number of carbonyl (C=O) groups is 3. The third-order valence-electron chi connectivity index (χ3n) is 3.16. The SMILES string of the molecule is CC(CCC(=O)O)NC(=O)C(NC(=O)c1ccco1)C(C)C. The van der Waals surface area contributed by atoms with Crippen molar-refractivity contribution < 1.29 is 23.9 Å². The van der Waals surface area contributed by atoms with Crippen molar-refractivity contribution in [1.82, 2.24) is 10.6 Å². The Morgan fingerprint density at radius 2 is 1.91 bits per heavy atom. The molecule has 0 spiro atoms. The van der Waals surface area contributed by atoms with Crippen LogP contribution in [0, 0.1) is 5.92 Å². The predicted octanol–water partition coefficient (Wildman–Crippen LogP) is 1.40. The summed E-state index contributed by atoms with van der Waals surface area (Å²) in [6.07, 6.45) is 1.69. The second kappa shape index (κ2) is 8.21. The Kier molecular flexibility index (Phi) is 6.62. The van der Waals surface area contributed by atoms with E-state index in [-0.39, 0.29) is 30.0 Å². The molecular formula is C15H22N2O5. The zero-order valence-corrected chi connectivity index (χ0v) is 13.0. The Morgan fingerprint density at radius 3 is 2.41 bits per heavy atom. The second-order valence-electron chi connectivity index (χ2n) is 5.51. The van der Waals surface area contributed by atoms with Gasteiger partial charge in [-0.1, -0.05) is 13.8 Å². The van der Waals surface area contributed by atoms with Gasteiger partial charge in [0.25, 0.3) is 5.91 Å². The van der Waals surface area contributed by atoms with Gasteiger partial charge >= 0.3 is 5.97 Å². The third kappa shape index (κ3) is 5.59. The van der Waals surface area contributed by atoms with Crippen LogP contribution < -0.4 is 10.6 Å². The minimum Gasteiger partial charge on any atom is -0.481 e. The van der Waals surface area contributed by atoms with Crippen molar-refractivity contribution in [3.8, 4) is 0 Å². The highest BCUT2D eigenvalue weighted by Crippen LogP contribution is 2.07. The molecule has 0 radical (unpaired) electrons. The summed E-state index contributed by atoms with van der Waals surface area (Å²) in [6.45, 7) is 5.36. The Bertz CT molecular complexity index is 510. The summed E-state index contributed by atoms with van der Waals surface area (Å²) in [6, 6.07) is 2.10. The van der Waals surface area contributed by atoms with Crippen molar-refractivity contribution in [2.24, 2.45) is 5.92 Å². The number of carboxylic acid groups (broad SMARTS) is 1. The Hall–Kier alpha value is -2.31. The van der Waals surface area contributed by atoms with Crippen LogP contribution in [0.4, 0.5) is 0 Å². The van der Waals surface area contributed by atoms with E-state index in [0.717, 1.165) is 0 Å². The lowest BCUT2D eigenvalue weighted by atomic mass is 10.0. The first-order valence-electron chi connectivity index (χ1n) is 7.17. The van der Waals surface area contributed by atoms with Crippen molar-refractivity contribution >= 4 is 17.8 Å². The maximum absolute atomic E-state index is 12.2. The monoisotopic (exact) mass is 310 g/mol. The van der Waals surface area contributed by atoms with Gasteiger partial charge in [0, 0.05) is 12.5 Å². The highest BCUT2D eigenvalue weighted by molar-refractivity contribution is 5.95. The van der Waals surface area contributed by atoms with Crippen LogP contribution in [0.25, 0.3) is 0 Å². The van der Waals surface area contributed by atoms with Gasteiger partial charge in [-0.15, -0.1) is 0 Å². The summed E-state index contributed by atoms with van der Waals surface area (Å²) in [4.78, 5) is 34.7. The molecule has 1 aromatic heterocycles. The second-order valence-corrected chi connectivity index (χ2v) is 5.51. The molecule has 0 aliphatic heterocycles. The molecule has 22 heavy (non-hydrogen) atoms. The highest BCUT2D eigenvalue weighted by atomic mass is 16.4. The molecule has 7 nitrogen and oxygen atoms in total. The van der Waals surface area contributed by atoms with Gasteiger partial charge in [0.2, 0.25) is 5.91 Å². The van der Waals surface area contributed by atoms with E-state index in [1.165, 1.54) is 12.3 Å². The Labute approximate surface area is 129 Å². The summed E-state index contributed by atoms with van der Waals surface area (Å²) >= 11 is 0. The number of aliphatic carboxylic acids is 1. The van der Waals surface area contributed by atoms with E-state index in [0.29, 0.717) is 6.42 Å². The molecule has 0 bridgehead atoms. The number of hydrogen-bond acceptors (Lipinski definition) is 4. The van der Waals surface area contributed by atoms with Gasteiger partial charge in [-0.3, -0.25) is 14.4 Å². The number of nitrogens with one attached hydrogen (secondary N) is 2. The summed E-state index contributed by atoms with van der Waals surface area (Å²) in [7, 11) is 0. The standard InChI is InChI=1S/C15H22N2O5/c1-9(2)13(17-14(20)11-5-4-8-22-11)15(21)16-10(3)6-7-12(18)19/h4-5,8-10,13H,6-7H2,1-3H3,(H,16,21)(H,17,20)(H,18,19). The van der Waals surface area contributed by atoms with Crippen LogP contribution in [0.15, 0.2) is 22.8 Å². The molecule has 122 valence electrons. The number of rotatable bonds is 8. The van der Waals surface area contributed by atoms with Crippen LogP contribution in [-0.4, -0.2) is 35.0 Å².